The van der Waals surface area contributed by atoms with E-state index < -0.39 is 0 Å². The lowest BCUT2D eigenvalue weighted by molar-refractivity contribution is 0.103. The Hall–Kier alpha value is -2.35. The summed E-state index contributed by atoms with van der Waals surface area (Å²) in [4.78, 5) is 16.0. The number of aryl methyl sites for hydroxylation is 2. The molecule has 2 nitrogen and oxygen atoms in total. The van der Waals surface area contributed by atoms with Crippen LogP contribution in [0.15, 0.2) is 48.5 Å². The molecule has 1 heterocycles. The van der Waals surface area contributed by atoms with E-state index in [9.17, 15) is 4.79 Å². The van der Waals surface area contributed by atoms with Crippen molar-refractivity contribution < 1.29 is 4.79 Å². The Morgan fingerprint density at radius 2 is 1.68 bits per heavy atom. The number of hydrogen-bond acceptors (Lipinski definition) is 1. The molecule has 1 aliphatic carbocycles. The smallest absolute Gasteiger partial charge is 0.209 e. The summed E-state index contributed by atoms with van der Waals surface area (Å²) in [6.45, 7) is 0. The van der Waals surface area contributed by atoms with Crippen LogP contribution in [0.4, 0.5) is 0 Å². The Morgan fingerprint density at radius 3 is 2.63 bits per heavy atom. The van der Waals surface area contributed by atoms with Gasteiger partial charge in [0.05, 0.1) is 5.69 Å². The van der Waals surface area contributed by atoms with Crippen molar-refractivity contribution in [3.63, 3.8) is 0 Å². The Bertz CT molecular complexity index is 798. The number of hydrogen-bond donors (Lipinski definition) is 1. The predicted octanol–water partition coefficient (Wildman–Crippen LogP) is 3.50. The van der Waals surface area contributed by atoms with Crippen molar-refractivity contribution in [1.29, 1.82) is 0 Å². The molecule has 0 bridgehead atoms. The third kappa shape index (κ3) is 1.46. The number of H-pyrrole nitrogens is 1. The summed E-state index contributed by atoms with van der Waals surface area (Å²) in [5.74, 6) is 0.124. The van der Waals surface area contributed by atoms with Crippen LogP contribution >= 0.6 is 0 Å². The molecule has 0 amide bonds. The first-order valence-corrected chi connectivity index (χ1v) is 6.57. The van der Waals surface area contributed by atoms with E-state index in [0.29, 0.717) is 0 Å². The third-order valence-electron chi connectivity index (χ3n) is 3.95. The van der Waals surface area contributed by atoms with Gasteiger partial charge in [-0.1, -0.05) is 42.5 Å². The Kier molecular flexibility index (Phi) is 2.12. The van der Waals surface area contributed by atoms with E-state index in [0.717, 1.165) is 40.7 Å². The minimum absolute atomic E-state index is 0.124. The number of carbonyl (C=O) groups excluding carboxylic acids is 1. The minimum Gasteiger partial charge on any atom is -0.352 e. The number of carbonyl (C=O) groups is 1. The van der Waals surface area contributed by atoms with Gasteiger partial charge >= 0.3 is 0 Å². The van der Waals surface area contributed by atoms with Crippen LogP contribution in [-0.2, 0) is 12.8 Å². The third-order valence-corrected chi connectivity index (χ3v) is 3.95. The van der Waals surface area contributed by atoms with E-state index in [1.54, 1.807) is 0 Å². The minimum atomic E-state index is 0.124. The molecular weight excluding hydrogens is 234 g/mol. The number of rotatable bonds is 0. The molecule has 19 heavy (non-hydrogen) atoms. The van der Waals surface area contributed by atoms with Crippen molar-refractivity contribution >= 4 is 16.7 Å². The highest BCUT2D eigenvalue weighted by atomic mass is 16.1. The molecular formula is C17H13NO. The molecule has 1 aliphatic rings. The topological polar surface area (TPSA) is 32.9 Å². The zero-order valence-electron chi connectivity index (χ0n) is 10.4. The summed E-state index contributed by atoms with van der Waals surface area (Å²) in [6, 6.07) is 16.1. The molecule has 0 saturated carbocycles. The zero-order chi connectivity index (χ0) is 12.8. The van der Waals surface area contributed by atoms with Gasteiger partial charge in [0.2, 0.25) is 5.78 Å². The van der Waals surface area contributed by atoms with Gasteiger partial charge in [-0.05, 0) is 30.0 Å². The van der Waals surface area contributed by atoms with Gasteiger partial charge in [-0.25, -0.2) is 0 Å². The molecule has 0 fully saturated rings. The summed E-state index contributed by atoms with van der Waals surface area (Å²) >= 11 is 0. The monoisotopic (exact) mass is 247 g/mol. The molecule has 0 spiro atoms. The fraction of sp³-hybridized carbons (Fsp3) is 0.118. The SMILES string of the molecule is O=C1c2ccccc2CCc2c1[nH]c1ccccc21. The highest BCUT2D eigenvalue weighted by Gasteiger charge is 2.23. The number of para-hydroxylation sites is 1. The second-order valence-corrected chi connectivity index (χ2v) is 5.01. The van der Waals surface area contributed by atoms with Crippen molar-refractivity contribution in [2.24, 2.45) is 0 Å². The van der Waals surface area contributed by atoms with Gasteiger partial charge in [-0.15, -0.1) is 0 Å². The second kappa shape index (κ2) is 3.82. The standard InChI is InChI=1S/C17H13NO/c19-17-12-6-2-1-5-11(12)9-10-14-13-7-3-4-8-15(13)18-16(14)17/h1-8,18H,9-10H2. The van der Waals surface area contributed by atoms with E-state index in [1.165, 1.54) is 5.39 Å². The zero-order valence-corrected chi connectivity index (χ0v) is 10.4. The van der Waals surface area contributed by atoms with E-state index in [4.69, 9.17) is 0 Å². The number of ketones is 1. The van der Waals surface area contributed by atoms with Crippen LogP contribution in [0.25, 0.3) is 10.9 Å². The summed E-state index contributed by atoms with van der Waals surface area (Å²) in [5.41, 5.74) is 4.98. The molecule has 0 saturated heterocycles. The number of benzene rings is 2. The quantitative estimate of drug-likeness (QED) is 0.648. The van der Waals surface area contributed by atoms with Crippen LogP contribution in [0.5, 0.6) is 0 Å². The predicted molar refractivity (Wildman–Crippen MR) is 75.6 cm³/mol. The van der Waals surface area contributed by atoms with Crippen molar-refractivity contribution in [2.45, 2.75) is 12.8 Å². The van der Waals surface area contributed by atoms with E-state index in [1.807, 2.05) is 36.4 Å². The van der Waals surface area contributed by atoms with Crippen LogP contribution in [-0.4, -0.2) is 10.8 Å². The van der Waals surface area contributed by atoms with Crippen LogP contribution in [0.1, 0.15) is 27.2 Å². The molecule has 1 aromatic heterocycles. The lowest BCUT2D eigenvalue weighted by atomic mass is 10.0. The highest BCUT2D eigenvalue weighted by molar-refractivity contribution is 6.13. The first kappa shape index (κ1) is 10.6. The average Bonchev–Trinajstić information content (AvgIpc) is 2.77. The molecule has 0 radical (unpaired) electrons. The first-order valence-electron chi connectivity index (χ1n) is 6.57. The maximum Gasteiger partial charge on any atom is 0.209 e. The summed E-state index contributed by atoms with van der Waals surface area (Å²) in [5, 5.41) is 1.18. The Balaban J connectivity index is 2.01. The van der Waals surface area contributed by atoms with E-state index in [2.05, 4.69) is 17.1 Å². The number of nitrogens with one attached hydrogen (secondary N) is 1. The summed E-state index contributed by atoms with van der Waals surface area (Å²) in [6.07, 6.45) is 1.85. The van der Waals surface area contributed by atoms with Gasteiger partial charge in [0, 0.05) is 16.5 Å². The van der Waals surface area contributed by atoms with E-state index in [-0.39, 0.29) is 5.78 Å². The Labute approximate surface area is 111 Å². The molecule has 0 atom stereocenters. The number of aromatic amines is 1. The molecule has 1 N–H and O–H groups in total. The lowest BCUT2D eigenvalue weighted by Crippen LogP contribution is -2.03. The van der Waals surface area contributed by atoms with Crippen molar-refractivity contribution in [3.05, 3.63) is 70.9 Å². The Morgan fingerprint density at radius 1 is 0.895 bits per heavy atom. The summed E-state index contributed by atoms with van der Waals surface area (Å²) in [7, 11) is 0. The van der Waals surface area contributed by atoms with E-state index >= 15 is 0 Å². The summed E-state index contributed by atoms with van der Waals surface area (Å²) < 4.78 is 0. The first-order chi connectivity index (χ1) is 9.34. The van der Waals surface area contributed by atoms with Gasteiger partial charge in [0.25, 0.3) is 0 Å². The molecule has 92 valence electrons. The van der Waals surface area contributed by atoms with Gasteiger partial charge in [-0.2, -0.15) is 0 Å². The van der Waals surface area contributed by atoms with Crippen molar-refractivity contribution in [1.82, 2.24) is 4.98 Å². The average molecular weight is 247 g/mol. The molecule has 4 rings (SSSR count). The van der Waals surface area contributed by atoms with Crippen molar-refractivity contribution in [2.75, 3.05) is 0 Å². The maximum absolute atomic E-state index is 12.7. The van der Waals surface area contributed by atoms with Crippen LogP contribution < -0.4 is 0 Å². The second-order valence-electron chi connectivity index (χ2n) is 5.01. The van der Waals surface area contributed by atoms with Gasteiger partial charge in [0.1, 0.15) is 0 Å². The van der Waals surface area contributed by atoms with Crippen LogP contribution in [0.3, 0.4) is 0 Å². The number of aromatic nitrogens is 1. The van der Waals surface area contributed by atoms with Gasteiger partial charge in [0.15, 0.2) is 0 Å². The molecule has 2 aromatic carbocycles. The fourth-order valence-electron chi connectivity index (χ4n) is 3.01. The number of fused-ring (bicyclic) bond motifs is 4. The molecule has 2 heteroatoms. The fourth-order valence-corrected chi connectivity index (χ4v) is 3.01. The van der Waals surface area contributed by atoms with Crippen molar-refractivity contribution in [3.8, 4) is 0 Å². The molecule has 0 unspecified atom stereocenters. The molecule has 0 aliphatic heterocycles. The van der Waals surface area contributed by atoms with Crippen LogP contribution in [0, 0.1) is 0 Å². The normalized spacial score (nSPS) is 14.0. The van der Waals surface area contributed by atoms with Gasteiger partial charge in [-0.3, -0.25) is 4.79 Å². The van der Waals surface area contributed by atoms with Gasteiger partial charge < -0.3 is 4.98 Å². The highest BCUT2D eigenvalue weighted by Crippen LogP contribution is 2.29. The molecule has 3 aromatic rings. The van der Waals surface area contributed by atoms with Crippen LogP contribution in [0.2, 0.25) is 0 Å². The largest absolute Gasteiger partial charge is 0.352 e. The lowest BCUT2D eigenvalue weighted by Gasteiger charge is -2.02. The maximum atomic E-state index is 12.7.